The van der Waals surface area contributed by atoms with Crippen molar-refractivity contribution in [3.63, 3.8) is 0 Å². The molecule has 0 spiro atoms. The van der Waals surface area contributed by atoms with Crippen molar-refractivity contribution in [1.29, 1.82) is 0 Å². The number of carbonyl (C=O) groups is 1. The Balaban J connectivity index is 1.59. The first-order valence-corrected chi connectivity index (χ1v) is 11.5. The molecule has 0 bridgehead atoms. The number of aryl methyl sites for hydroxylation is 2. The summed E-state index contributed by atoms with van der Waals surface area (Å²) in [5.41, 5.74) is 5.84. The fourth-order valence-corrected chi connectivity index (χ4v) is 4.17. The number of nitrogens with one attached hydrogen (secondary N) is 1. The number of halogens is 1. The van der Waals surface area contributed by atoms with Gasteiger partial charge in [0.1, 0.15) is 11.6 Å². The second-order valence-corrected chi connectivity index (χ2v) is 8.76. The number of aliphatic imine (C=N–C) groups is 2. The Labute approximate surface area is 196 Å². The van der Waals surface area contributed by atoms with Crippen LogP contribution in [0.3, 0.4) is 0 Å². The van der Waals surface area contributed by atoms with Gasteiger partial charge in [-0.05, 0) is 79.1 Å². The van der Waals surface area contributed by atoms with E-state index in [0.717, 1.165) is 44.6 Å². The van der Waals surface area contributed by atoms with E-state index in [4.69, 9.17) is 14.7 Å². The van der Waals surface area contributed by atoms with Gasteiger partial charge in [-0.1, -0.05) is 12.1 Å². The summed E-state index contributed by atoms with van der Waals surface area (Å²) in [4.78, 5) is 22.2. The highest BCUT2D eigenvalue weighted by molar-refractivity contribution is 8.14. The molecule has 0 atom stereocenters. The van der Waals surface area contributed by atoms with Crippen molar-refractivity contribution in [2.45, 2.75) is 20.3 Å². The van der Waals surface area contributed by atoms with Crippen molar-refractivity contribution >= 4 is 45.5 Å². The summed E-state index contributed by atoms with van der Waals surface area (Å²) < 4.78 is 19.1. The number of methoxy groups -OCH3 is 1. The largest absolute Gasteiger partial charge is 0.497 e. The van der Waals surface area contributed by atoms with Gasteiger partial charge in [-0.2, -0.15) is 0 Å². The van der Waals surface area contributed by atoms with Crippen molar-refractivity contribution in [3.8, 4) is 5.75 Å². The highest BCUT2D eigenvalue weighted by atomic mass is 32.2. The molecule has 33 heavy (non-hydrogen) atoms. The normalized spacial score (nSPS) is 12.8. The lowest BCUT2D eigenvalue weighted by molar-refractivity contribution is -0.113. The summed E-state index contributed by atoms with van der Waals surface area (Å²) >= 11 is 1.33. The van der Waals surface area contributed by atoms with Gasteiger partial charge in [-0.3, -0.25) is 9.79 Å². The van der Waals surface area contributed by atoms with Crippen molar-refractivity contribution < 1.29 is 13.9 Å². The maximum atomic E-state index is 13.9. The molecule has 1 aliphatic heterocycles. The first kappa shape index (κ1) is 22.7. The minimum Gasteiger partial charge on any atom is -0.497 e. The Morgan fingerprint density at radius 2 is 1.70 bits per heavy atom. The van der Waals surface area contributed by atoms with Crippen molar-refractivity contribution in [2.75, 3.05) is 18.2 Å². The number of amides is 1. The lowest BCUT2D eigenvalue weighted by Gasteiger charge is -2.09. The van der Waals surface area contributed by atoms with E-state index in [1.807, 2.05) is 43.3 Å². The third-order valence-electron chi connectivity index (χ3n) is 5.35. The van der Waals surface area contributed by atoms with E-state index in [-0.39, 0.29) is 17.3 Å². The zero-order valence-electron chi connectivity index (χ0n) is 18.7. The topological polar surface area (TPSA) is 63.1 Å². The standard InChI is InChI=1S/C26H24FN3O2S/c1-16-12-23-24(13-17(16)2)30-26(14-22(28-23)18-8-10-19(32-3)11-9-18)33-15-25(31)29-21-7-5-4-6-20(21)27/h4-13H,14-15H2,1-3H3,(H,29,31). The minimum absolute atomic E-state index is 0.114. The molecule has 1 N–H and O–H groups in total. The summed E-state index contributed by atoms with van der Waals surface area (Å²) in [6, 6.07) is 17.9. The number of rotatable bonds is 5. The Morgan fingerprint density at radius 3 is 2.36 bits per heavy atom. The second kappa shape index (κ2) is 10.0. The molecule has 1 amide bonds. The van der Waals surface area contributed by atoms with Crippen molar-refractivity contribution in [2.24, 2.45) is 9.98 Å². The third-order valence-corrected chi connectivity index (χ3v) is 6.33. The van der Waals surface area contributed by atoms with Crippen LogP contribution in [0.25, 0.3) is 0 Å². The van der Waals surface area contributed by atoms with Crippen LogP contribution in [0.1, 0.15) is 23.1 Å². The number of hydrogen-bond acceptors (Lipinski definition) is 5. The van der Waals surface area contributed by atoms with Crippen LogP contribution in [0, 0.1) is 19.7 Å². The molecule has 7 heteroatoms. The van der Waals surface area contributed by atoms with Gasteiger partial charge < -0.3 is 10.1 Å². The van der Waals surface area contributed by atoms with Gasteiger partial charge in [0.25, 0.3) is 0 Å². The zero-order valence-corrected chi connectivity index (χ0v) is 19.5. The zero-order chi connectivity index (χ0) is 23.4. The number of hydrogen-bond donors (Lipinski definition) is 1. The van der Waals surface area contributed by atoms with Crippen LogP contribution in [0.4, 0.5) is 21.5 Å². The number of benzene rings is 3. The monoisotopic (exact) mass is 461 g/mol. The maximum Gasteiger partial charge on any atom is 0.234 e. The molecular formula is C26H24FN3O2S. The van der Waals surface area contributed by atoms with Gasteiger partial charge in [-0.25, -0.2) is 9.38 Å². The lowest BCUT2D eigenvalue weighted by Crippen LogP contribution is -2.17. The summed E-state index contributed by atoms with van der Waals surface area (Å²) in [5, 5.41) is 3.40. The molecule has 3 aromatic carbocycles. The van der Waals surface area contributed by atoms with E-state index < -0.39 is 5.82 Å². The van der Waals surface area contributed by atoms with Gasteiger partial charge in [0.05, 0.1) is 40.7 Å². The molecule has 1 aliphatic rings. The minimum atomic E-state index is -0.462. The van der Waals surface area contributed by atoms with Gasteiger partial charge in [0.15, 0.2) is 0 Å². The maximum absolute atomic E-state index is 13.9. The number of nitrogens with zero attached hydrogens (tertiary/aromatic N) is 2. The van der Waals surface area contributed by atoms with Crippen LogP contribution in [0.15, 0.2) is 70.6 Å². The molecule has 0 radical (unpaired) electrons. The van der Waals surface area contributed by atoms with Crippen molar-refractivity contribution in [1.82, 2.24) is 0 Å². The summed E-state index contributed by atoms with van der Waals surface area (Å²) in [6.07, 6.45) is 0.483. The van der Waals surface area contributed by atoms with E-state index in [1.165, 1.54) is 23.9 Å². The number of fused-ring (bicyclic) bond motifs is 1. The van der Waals surface area contributed by atoms with Crippen LogP contribution in [-0.4, -0.2) is 29.5 Å². The number of anilines is 1. The Morgan fingerprint density at radius 1 is 1.03 bits per heavy atom. The number of ether oxygens (including phenoxy) is 1. The van der Waals surface area contributed by atoms with Crippen LogP contribution >= 0.6 is 11.8 Å². The van der Waals surface area contributed by atoms with E-state index in [0.29, 0.717) is 6.42 Å². The van der Waals surface area contributed by atoms with E-state index in [9.17, 15) is 9.18 Å². The quantitative estimate of drug-likeness (QED) is 0.480. The average molecular weight is 462 g/mol. The van der Waals surface area contributed by atoms with Gasteiger partial charge >= 0.3 is 0 Å². The SMILES string of the molecule is COc1ccc(C2=Nc3cc(C)c(C)cc3N=C(SCC(=O)Nc3ccccc3F)C2)cc1. The predicted molar refractivity (Wildman–Crippen MR) is 134 cm³/mol. The fraction of sp³-hybridized carbons (Fsp3) is 0.192. The smallest absolute Gasteiger partial charge is 0.234 e. The molecule has 0 unspecified atom stereocenters. The van der Waals surface area contributed by atoms with E-state index in [1.54, 1.807) is 19.2 Å². The van der Waals surface area contributed by atoms with E-state index >= 15 is 0 Å². The Kier molecular flexibility index (Phi) is 6.89. The summed E-state index contributed by atoms with van der Waals surface area (Å²) in [5.74, 6) is 0.132. The fourth-order valence-electron chi connectivity index (χ4n) is 3.40. The third kappa shape index (κ3) is 5.49. The summed E-state index contributed by atoms with van der Waals surface area (Å²) in [7, 11) is 1.63. The highest BCUT2D eigenvalue weighted by Crippen LogP contribution is 2.36. The lowest BCUT2D eigenvalue weighted by atomic mass is 10.1. The van der Waals surface area contributed by atoms with E-state index in [2.05, 4.69) is 12.2 Å². The first-order chi connectivity index (χ1) is 15.9. The molecule has 3 aromatic rings. The van der Waals surface area contributed by atoms with Gasteiger partial charge in [-0.15, -0.1) is 11.8 Å². The molecular weight excluding hydrogens is 437 g/mol. The van der Waals surface area contributed by atoms with Crippen molar-refractivity contribution in [3.05, 3.63) is 83.2 Å². The first-order valence-electron chi connectivity index (χ1n) is 10.5. The molecule has 168 valence electrons. The molecule has 0 fully saturated rings. The van der Waals surface area contributed by atoms with Gasteiger partial charge in [0.2, 0.25) is 5.91 Å². The Bertz CT molecular complexity index is 1250. The van der Waals surface area contributed by atoms with Crippen LogP contribution in [0.2, 0.25) is 0 Å². The number of para-hydroxylation sites is 1. The number of thioether (sulfide) groups is 1. The van der Waals surface area contributed by atoms with Gasteiger partial charge in [0, 0.05) is 6.42 Å². The highest BCUT2D eigenvalue weighted by Gasteiger charge is 2.18. The summed E-state index contributed by atoms with van der Waals surface area (Å²) in [6.45, 7) is 4.09. The Hall–Kier alpha value is -3.45. The molecule has 0 aliphatic carbocycles. The van der Waals surface area contributed by atoms with Crippen LogP contribution in [-0.2, 0) is 4.79 Å². The molecule has 1 heterocycles. The van der Waals surface area contributed by atoms with Crippen LogP contribution in [0.5, 0.6) is 5.75 Å². The predicted octanol–water partition coefficient (Wildman–Crippen LogP) is 6.38. The molecule has 0 saturated heterocycles. The molecule has 4 rings (SSSR count). The number of carbonyl (C=O) groups excluding carboxylic acids is 1. The van der Waals surface area contributed by atoms with Crippen LogP contribution < -0.4 is 10.1 Å². The average Bonchev–Trinajstić information content (AvgIpc) is 2.98. The molecule has 0 saturated carbocycles. The molecule has 5 nitrogen and oxygen atoms in total. The second-order valence-electron chi connectivity index (χ2n) is 7.71. The molecule has 0 aromatic heterocycles.